The fourth-order valence-electron chi connectivity index (χ4n) is 4.09. The maximum Gasteiger partial charge on any atom is 0.249 e. The Balaban J connectivity index is 0.00000210. The summed E-state index contributed by atoms with van der Waals surface area (Å²) < 4.78 is 5.73. The summed E-state index contributed by atoms with van der Waals surface area (Å²) in [5, 5.41) is 7.66. The Kier molecular flexibility index (Phi) is 6.93. The number of benzene rings is 1. The van der Waals surface area contributed by atoms with Gasteiger partial charge in [0.25, 0.3) is 0 Å². The van der Waals surface area contributed by atoms with Crippen molar-refractivity contribution in [2.24, 2.45) is 5.41 Å². The summed E-state index contributed by atoms with van der Waals surface area (Å²) in [5.41, 5.74) is 2.67. The van der Waals surface area contributed by atoms with Crippen molar-refractivity contribution < 1.29 is 9.53 Å². The molecule has 2 heterocycles. The molecule has 1 aliphatic heterocycles. The van der Waals surface area contributed by atoms with Crippen molar-refractivity contribution in [3.8, 4) is 0 Å². The molecule has 6 heteroatoms. The summed E-state index contributed by atoms with van der Waals surface area (Å²) in [5.74, 6) is 0.118. The van der Waals surface area contributed by atoms with Gasteiger partial charge in [0.1, 0.15) is 6.61 Å². The van der Waals surface area contributed by atoms with Crippen LogP contribution in [0.25, 0.3) is 0 Å². The number of carbonyl (C=O) groups excluding carboxylic acids is 1. The SMILES string of the molecule is Cl.O=C(COCc1ccccc1)N(Cc1ccsc1)C1CC12CCNCC2. The van der Waals surface area contributed by atoms with E-state index in [9.17, 15) is 4.79 Å². The number of hydrogen-bond acceptors (Lipinski definition) is 4. The van der Waals surface area contributed by atoms with Gasteiger partial charge in [0.2, 0.25) is 5.91 Å². The number of amides is 1. The van der Waals surface area contributed by atoms with E-state index in [0.717, 1.165) is 25.1 Å². The van der Waals surface area contributed by atoms with E-state index in [4.69, 9.17) is 4.74 Å². The largest absolute Gasteiger partial charge is 0.367 e. The van der Waals surface area contributed by atoms with Gasteiger partial charge in [-0.15, -0.1) is 12.4 Å². The number of ether oxygens (including phenoxy) is 1. The maximum absolute atomic E-state index is 13.0. The van der Waals surface area contributed by atoms with Crippen molar-refractivity contribution in [3.63, 3.8) is 0 Å². The minimum Gasteiger partial charge on any atom is -0.367 e. The second kappa shape index (κ2) is 9.20. The number of nitrogens with one attached hydrogen (secondary N) is 1. The molecule has 146 valence electrons. The van der Waals surface area contributed by atoms with Crippen molar-refractivity contribution in [1.82, 2.24) is 10.2 Å². The van der Waals surface area contributed by atoms with E-state index < -0.39 is 0 Å². The molecule has 1 saturated carbocycles. The van der Waals surface area contributed by atoms with Crippen LogP contribution < -0.4 is 5.32 Å². The third kappa shape index (κ3) is 4.91. The zero-order valence-corrected chi connectivity index (χ0v) is 17.1. The molecule has 1 unspecified atom stereocenters. The number of carbonyl (C=O) groups is 1. The first kappa shape index (κ1) is 20.3. The minimum atomic E-state index is 0. The number of piperidine rings is 1. The minimum absolute atomic E-state index is 0. The second-order valence-electron chi connectivity index (χ2n) is 7.46. The van der Waals surface area contributed by atoms with Gasteiger partial charge >= 0.3 is 0 Å². The lowest BCUT2D eigenvalue weighted by Crippen LogP contribution is -2.40. The summed E-state index contributed by atoms with van der Waals surface area (Å²) in [6.07, 6.45) is 3.50. The van der Waals surface area contributed by atoms with Crippen LogP contribution in [0.15, 0.2) is 47.2 Å². The first-order chi connectivity index (χ1) is 12.8. The molecule has 1 saturated heterocycles. The topological polar surface area (TPSA) is 41.6 Å². The van der Waals surface area contributed by atoms with Gasteiger partial charge in [-0.3, -0.25) is 4.79 Å². The molecule has 4 rings (SSSR count). The molecule has 2 aliphatic rings. The zero-order chi connectivity index (χ0) is 17.8. The predicted octanol–water partition coefficient (Wildman–Crippen LogP) is 3.86. The summed E-state index contributed by atoms with van der Waals surface area (Å²) in [6.45, 7) is 3.49. The summed E-state index contributed by atoms with van der Waals surface area (Å²) >= 11 is 1.69. The zero-order valence-electron chi connectivity index (χ0n) is 15.4. The smallest absolute Gasteiger partial charge is 0.249 e. The van der Waals surface area contributed by atoms with Crippen molar-refractivity contribution in [2.75, 3.05) is 19.7 Å². The fraction of sp³-hybridized carbons (Fsp3) is 0.476. The highest BCUT2D eigenvalue weighted by Gasteiger charge is 2.57. The number of rotatable bonds is 7. The highest BCUT2D eigenvalue weighted by Crippen LogP contribution is 2.56. The van der Waals surface area contributed by atoms with Crippen molar-refractivity contribution >= 4 is 29.7 Å². The Labute approximate surface area is 171 Å². The molecule has 4 nitrogen and oxygen atoms in total. The molecular formula is C21H27ClN2O2S. The van der Waals surface area contributed by atoms with Gasteiger partial charge in [0, 0.05) is 12.6 Å². The van der Waals surface area contributed by atoms with Crippen molar-refractivity contribution in [1.29, 1.82) is 0 Å². The first-order valence-corrected chi connectivity index (χ1v) is 10.3. The van der Waals surface area contributed by atoms with Gasteiger partial charge in [0.15, 0.2) is 0 Å². The summed E-state index contributed by atoms with van der Waals surface area (Å²) in [7, 11) is 0. The predicted molar refractivity (Wildman–Crippen MR) is 111 cm³/mol. The van der Waals surface area contributed by atoms with Crippen LogP contribution in [0.4, 0.5) is 0 Å². The average molecular weight is 407 g/mol. The highest BCUT2D eigenvalue weighted by atomic mass is 35.5. The molecule has 2 fully saturated rings. The number of thiophene rings is 1. The molecular weight excluding hydrogens is 380 g/mol. The van der Waals surface area contributed by atoms with E-state index in [0.29, 0.717) is 24.6 Å². The summed E-state index contributed by atoms with van der Waals surface area (Å²) in [6, 6.07) is 12.5. The van der Waals surface area contributed by atoms with Crippen LogP contribution in [-0.4, -0.2) is 36.5 Å². The van der Waals surface area contributed by atoms with Crippen LogP contribution in [0, 0.1) is 5.41 Å². The molecule has 1 amide bonds. The Morgan fingerprint density at radius 2 is 1.96 bits per heavy atom. The van der Waals surface area contributed by atoms with Crippen LogP contribution in [0.5, 0.6) is 0 Å². The number of nitrogens with zero attached hydrogens (tertiary/aromatic N) is 1. The van der Waals surface area contributed by atoms with E-state index >= 15 is 0 Å². The van der Waals surface area contributed by atoms with Gasteiger partial charge in [-0.1, -0.05) is 30.3 Å². The van der Waals surface area contributed by atoms with E-state index in [-0.39, 0.29) is 24.9 Å². The third-order valence-corrected chi connectivity index (χ3v) is 6.44. The van der Waals surface area contributed by atoms with Crippen molar-refractivity contribution in [3.05, 3.63) is 58.3 Å². The van der Waals surface area contributed by atoms with Gasteiger partial charge in [-0.05, 0) is 65.7 Å². The van der Waals surface area contributed by atoms with Gasteiger partial charge in [-0.2, -0.15) is 11.3 Å². The molecule has 1 aromatic heterocycles. The molecule has 1 aliphatic carbocycles. The molecule has 2 aromatic rings. The van der Waals surface area contributed by atoms with E-state index in [1.807, 2.05) is 30.3 Å². The molecule has 0 bridgehead atoms. The molecule has 27 heavy (non-hydrogen) atoms. The standard InChI is InChI=1S/C21H26N2O2S.ClH/c24-20(15-25-14-17-4-2-1-3-5-17)23(13-18-6-11-26-16-18)19-12-21(19)7-9-22-10-8-21;/h1-6,11,16,19,22H,7-10,12-15H2;1H. The lowest BCUT2D eigenvalue weighted by Gasteiger charge is -2.29. The Morgan fingerprint density at radius 3 is 2.67 bits per heavy atom. The first-order valence-electron chi connectivity index (χ1n) is 9.40. The molecule has 1 spiro atoms. The number of hydrogen-bond donors (Lipinski definition) is 1. The Morgan fingerprint density at radius 1 is 1.19 bits per heavy atom. The third-order valence-electron chi connectivity index (χ3n) is 5.71. The quantitative estimate of drug-likeness (QED) is 0.759. The molecule has 0 radical (unpaired) electrons. The Hall–Kier alpha value is -1.40. The van der Waals surface area contributed by atoms with E-state index in [1.54, 1.807) is 11.3 Å². The average Bonchev–Trinajstić information content (AvgIpc) is 3.10. The molecule has 1 aromatic carbocycles. The molecule has 1 N–H and O–H groups in total. The molecule has 1 atom stereocenters. The monoisotopic (exact) mass is 406 g/mol. The van der Waals surface area contributed by atoms with Crippen LogP contribution >= 0.6 is 23.7 Å². The normalized spacial score (nSPS) is 20.1. The van der Waals surface area contributed by atoms with Crippen molar-refractivity contribution in [2.45, 2.75) is 38.5 Å². The van der Waals surface area contributed by atoms with Gasteiger partial charge in [-0.25, -0.2) is 0 Å². The second-order valence-corrected chi connectivity index (χ2v) is 8.24. The lowest BCUT2D eigenvalue weighted by molar-refractivity contribution is -0.138. The Bertz CT molecular complexity index is 717. The highest BCUT2D eigenvalue weighted by molar-refractivity contribution is 7.07. The van der Waals surface area contributed by atoms with Gasteiger partial charge in [0.05, 0.1) is 6.61 Å². The van der Waals surface area contributed by atoms with Crippen LogP contribution in [0.2, 0.25) is 0 Å². The number of halogens is 1. The maximum atomic E-state index is 13.0. The van der Waals surface area contributed by atoms with Gasteiger partial charge < -0.3 is 15.0 Å². The van der Waals surface area contributed by atoms with Crippen LogP contribution in [-0.2, 0) is 22.7 Å². The summed E-state index contributed by atoms with van der Waals surface area (Å²) in [4.78, 5) is 15.0. The van der Waals surface area contributed by atoms with E-state index in [2.05, 4.69) is 27.0 Å². The fourth-order valence-corrected chi connectivity index (χ4v) is 4.75. The lowest BCUT2D eigenvalue weighted by atomic mass is 9.93. The van der Waals surface area contributed by atoms with Crippen LogP contribution in [0.3, 0.4) is 0 Å². The van der Waals surface area contributed by atoms with Crippen LogP contribution in [0.1, 0.15) is 30.4 Å². The van der Waals surface area contributed by atoms with E-state index in [1.165, 1.54) is 18.4 Å².